The highest BCUT2D eigenvalue weighted by molar-refractivity contribution is 7.98. The molecule has 0 saturated heterocycles. The Labute approximate surface area is 169 Å². The van der Waals surface area contributed by atoms with Gasteiger partial charge in [0.2, 0.25) is 0 Å². The van der Waals surface area contributed by atoms with Gasteiger partial charge in [0.25, 0.3) is 0 Å². The number of rotatable bonds is 6. The second-order valence-corrected chi connectivity index (χ2v) is 7.93. The zero-order valence-corrected chi connectivity index (χ0v) is 17.2. The molecular weight excluding hydrogens is 372 g/mol. The Morgan fingerprint density at radius 2 is 1.86 bits per heavy atom. The van der Waals surface area contributed by atoms with Crippen molar-refractivity contribution in [1.29, 1.82) is 0 Å². The van der Waals surface area contributed by atoms with Crippen molar-refractivity contribution in [2.24, 2.45) is 0 Å². The summed E-state index contributed by atoms with van der Waals surface area (Å²) in [5.74, 6) is 2.98. The molecule has 0 amide bonds. The minimum Gasteiger partial charge on any atom is -0.497 e. The van der Waals surface area contributed by atoms with Crippen molar-refractivity contribution in [1.82, 2.24) is 9.19 Å². The first-order chi connectivity index (χ1) is 13.6. The van der Waals surface area contributed by atoms with E-state index in [9.17, 15) is 0 Å². The average Bonchev–Trinajstić information content (AvgIpc) is 3.26. The third-order valence-electron chi connectivity index (χ3n) is 4.72. The molecule has 1 atom stereocenters. The van der Waals surface area contributed by atoms with Gasteiger partial charge in [0, 0.05) is 35.3 Å². The maximum atomic E-state index is 5.50. The molecule has 2 heterocycles. The molecule has 0 bridgehead atoms. The molecule has 4 rings (SSSR count). The Hall–Kier alpha value is -2.80. The molecule has 0 aliphatic carbocycles. The molecule has 6 nitrogen and oxygen atoms in total. The second-order valence-electron chi connectivity index (χ2n) is 6.90. The van der Waals surface area contributed by atoms with Crippen LogP contribution in [0.5, 0.6) is 11.5 Å². The van der Waals surface area contributed by atoms with E-state index in [0.717, 1.165) is 34.3 Å². The third kappa shape index (κ3) is 3.62. The summed E-state index contributed by atoms with van der Waals surface area (Å²) >= 11 is 1.60. The number of benzene rings is 2. The monoisotopic (exact) mass is 396 g/mol. The highest BCUT2D eigenvalue weighted by atomic mass is 32.2. The Kier molecular flexibility index (Phi) is 5.09. The molecule has 3 aromatic rings. The third-order valence-corrected chi connectivity index (χ3v) is 5.65. The van der Waals surface area contributed by atoms with Gasteiger partial charge in [-0.05, 0) is 35.7 Å². The summed E-state index contributed by atoms with van der Waals surface area (Å²) in [6, 6.07) is 16.3. The number of methoxy groups -OCH3 is 2. The molecule has 1 aliphatic heterocycles. The summed E-state index contributed by atoms with van der Waals surface area (Å²) in [5, 5.41) is 11.7. The first kappa shape index (κ1) is 18.6. The summed E-state index contributed by atoms with van der Waals surface area (Å²) in [6.45, 7) is 4.40. The van der Waals surface area contributed by atoms with Gasteiger partial charge >= 0.3 is 0 Å². The van der Waals surface area contributed by atoms with Crippen molar-refractivity contribution in [3.8, 4) is 22.8 Å². The number of fused-ring (bicyclic) bond motifs is 1. The molecule has 2 N–H and O–H groups in total. The number of aromatic nitrogens is 2. The molecule has 1 aromatic heterocycles. The van der Waals surface area contributed by atoms with E-state index < -0.39 is 0 Å². The molecule has 0 fully saturated rings. The number of nitrogens with one attached hydrogen (secondary N) is 2. The minimum atomic E-state index is 0.0270. The predicted molar refractivity (Wildman–Crippen MR) is 115 cm³/mol. The molecule has 28 heavy (non-hydrogen) atoms. The van der Waals surface area contributed by atoms with Crippen molar-refractivity contribution in [3.63, 3.8) is 0 Å². The van der Waals surface area contributed by atoms with E-state index in [1.165, 1.54) is 5.56 Å². The summed E-state index contributed by atoms with van der Waals surface area (Å²) in [7, 11) is 3.29. The number of anilines is 2. The van der Waals surface area contributed by atoms with Crippen molar-refractivity contribution in [2.75, 3.05) is 24.9 Å². The van der Waals surface area contributed by atoms with Gasteiger partial charge < -0.3 is 20.1 Å². The summed E-state index contributed by atoms with van der Waals surface area (Å²) in [6.07, 6.45) is 0. The molecule has 0 saturated carbocycles. The van der Waals surface area contributed by atoms with Gasteiger partial charge in [0.1, 0.15) is 17.3 Å². The van der Waals surface area contributed by atoms with Crippen LogP contribution in [0.2, 0.25) is 0 Å². The lowest BCUT2D eigenvalue weighted by atomic mass is 10.0. The zero-order valence-electron chi connectivity index (χ0n) is 16.4. The molecule has 1 aliphatic rings. The molecule has 0 unspecified atom stereocenters. The molecule has 146 valence electrons. The molecule has 2 aromatic carbocycles. The van der Waals surface area contributed by atoms with Crippen LogP contribution in [0, 0.1) is 0 Å². The van der Waals surface area contributed by atoms with Gasteiger partial charge in [-0.3, -0.25) is 0 Å². The lowest BCUT2D eigenvalue weighted by Crippen LogP contribution is -2.21. The fourth-order valence-electron chi connectivity index (χ4n) is 3.12. The highest BCUT2D eigenvalue weighted by Gasteiger charge is 2.25. The van der Waals surface area contributed by atoms with E-state index >= 15 is 0 Å². The maximum absolute atomic E-state index is 5.50. The first-order valence-corrected chi connectivity index (χ1v) is 10.0. The lowest BCUT2D eigenvalue weighted by molar-refractivity contribution is 0.395. The zero-order chi connectivity index (χ0) is 19.7. The quantitative estimate of drug-likeness (QED) is 0.611. The SMILES string of the molecule is COc1ccc(-c2cc3n(n2)S[C@H](Nc2ccc(C(C)C)cc2)N3)c(OC)c1. The van der Waals surface area contributed by atoms with Crippen LogP contribution in [0.1, 0.15) is 25.3 Å². The fourth-order valence-corrected chi connectivity index (χ4v) is 4.04. The van der Waals surface area contributed by atoms with E-state index in [1.807, 2.05) is 28.4 Å². The molecule has 0 spiro atoms. The van der Waals surface area contributed by atoms with Crippen molar-refractivity contribution in [2.45, 2.75) is 25.3 Å². The smallest absolute Gasteiger partial charge is 0.168 e. The highest BCUT2D eigenvalue weighted by Crippen LogP contribution is 2.38. The van der Waals surface area contributed by atoms with Gasteiger partial charge in [-0.1, -0.05) is 26.0 Å². The Morgan fingerprint density at radius 1 is 1.07 bits per heavy atom. The van der Waals surface area contributed by atoms with E-state index in [4.69, 9.17) is 14.6 Å². The van der Waals surface area contributed by atoms with Gasteiger partial charge in [0.15, 0.2) is 5.50 Å². The first-order valence-electron chi connectivity index (χ1n) is 9.20. The number of nitrogens with zero attached hydrogens (tertiary/aromatic N) is 2. The van der Waals surface area contributed by atoms with Crippen LogP contribution in [0.4, 0.5) is 11.5 Å². The largest absolute Gasteiger partial charge is 0.497 e. The summed E-state index contributed by atoms with van der Waals surface area (Å²) < 4.78 is 12.7. The Balaban J connectivity index is 1.47. The van der Waals surface area contributed by atoms with Crippen molar-refractivity contribution >= 4 is 23.5 Å². The summed E-state index contributed by atoms with van der Waals surface area (Å²) in [4.78, 5) is 0. The normalized spacial score (nSPS) is 15.2. The second kappa shape index (κ2) is 7.67. The van der Waals surface area contributed by atoms with Gasteiger partial charge in [-0.25, -0.2) is 0 Å². The van der Waals surface area contributed by atoms with Gasteiger partial charge in [-0.15, -0.1) is 0 Å². The minimum absolute atomic E-state index is 0.0270. The number of hydrogen-bond donors (Lipinski definition) is 2. The average molecular weight is 397 g/mol. The maximum Gasteiger partial charge on any atom is 0.168 e. The van der Waals surface area contributed by atoms with Gasteiger partial charge in [0.05, 0.1) is 19.9 Å². The topological polar surface area (TPSA) is 60.3 Å². The Morgan fingerprint density at radius 3 is 2.50 bits per heavy atom. The van der Waals surface area contributed by atoms with Crippen LogP contribution >= 0.6 is 11.9 Å². The van der Waals surface area contributed by atoms with Crippen molar-refractivity contribution < 1.29 is 9.47 Å². The van der Waals surface area contributed by atoms with Crippen LogP contribution in [-0.2, 0) is 0 Å². The van der Waals surface area contributed by atoms with E-state index in [2.05, 4.69) is 48.7 Å². The molecule has 7 heteroatoms. The van der Waals surface area contributed by atoms with Crippen LogP contribution in [-0.4, -0.2) is 28.9 Å². The van der Waals surface area contributed by atoms with Crippen LogP contribution < -0.4 is 20.1 Å². The van der Waals surface area contributed by atoms with Gasteiger partial charge in [-0.2, -0.15) is 9.19 Å². The number of ether oxygens (including phenoxy) is 2. The van der Waals surface area contributed by atoms with Crippen molar-refractivity contribution in [3.05, 3.63) is 54.1 Å². The van der Waals surface area contributed by atoms with E-state index in [-0.39, 0.29) is 5.50 Å². The molecular formula is C21H24N4O2S. The van der Waals surface area contributed by atoms with Crippen LogP contribution in [0.15, 0.2) is 48.5 Å². The standard InChI is InChI=1S/C21H24N4O2S/c1-13(2)14-5-7-15(8-6-14)22-21-23-20-12-18(24-25(20)28-21)17-10-9-16(26-3)11-19(17)27-4/h5-13,21-23H,1-4H3/t21-/m1/s1. The van der Waals surface area contributed by atoms with Crippen LogP contribution in [0.3, 0.4) is 0 Å². The predicted octanol–water partition coefficient (Wildman–Crippen LogP) is 5.01. The van der Waals surface area contributed by atoms with E-state index in [0.29, 0.717) is 5.92 Å². The van der Waals surface area contributed by atoms with E-state index in [1.54, 1.807) is 26.2 Å². The lowest BCUT2D eigenvalue weighted by Gasteiger charge is -2.14. The Bertz CT molecular complexity index is 946. The molecule has 0 radical (unpaired) electrons. The number of hydrogen-bond acceptors (Lipinski definition) is 6. The fraction of sp³-hybridized carbons (Fsp3) is 0.286. The van der Waals surface area contributed by atoms with Crippen LogP contribution in [0.25, 0.3) is 11.3 Å². The summed E-state index contributed by atoms with van der Waals surface area (Å²) in [5.41, 5.74) is 4.23.